The Labute approximate surface area is 216 Å². The summed E-state index contributed by atoms with van der Waals surface area (Å²) in [6, 6.07) is 13.4. The van der Waals surface area contributed by atoms with Crippen molar-refractivity contribution in [1.29, 1.82) is 0 Å². The predicted octanol–water partition coefficient (Wildman–Crippen LogP) is 3.76. The lowest BCUT2D eigenvalue weighted by atomic mass is 9.82. The molecule has 2 amide bonds. The quantitative estimate of drug-likeness (QED) is 0.430. The number of carboxylic acids is 1. The highest BCUT2D eigenvalue weighted by Gasteiger charge is 2.56. The third-order valence-corrected chi connectivity index (χ3v) is 8.92. The smallest absolute Gasteiger partial charge is 0.323 e. The fourth-order valence-corrected chi connectivity index (χ4v) is 7.35. The Morgan fingerprint density at radius 2 is 1.89 bits per heavy atom. The maximum Gasteiger partial charge on any atom is 0.323 e. The van der Waals surface area contributed by atoms with Crippen LogP contribution in [0.15, 0.2) is 56.8 Å². The van der Waals surface area contributed by atoms with Gasteiger partial charge in [0.15, 0.2) is 0 Å². The van der Waals surface area contributed by atoms with Gasteiger partial charge in [-0.15, -0.1) is 0 Å². The molecule has 1 aromatic heterocycles. The monoisotopic (exact) mass is 574 g/mol. The highest BCUT2D eigenvalue weighted by Crippen LogP contribution is 2.54. The Morgan fingerprint density at radius 1 is 1.14 bits per heavy atom. The Balaban J connectivity index is 1.58. The van der Waals surface area contributed by atoms with E-state index in [9.17, 15) is 24.3 Å². The van der Waals surface area contributed by atoms with Crippen LogP contribution in [0.2, 0.25) is 0 Å². The minimum Gasteiger partial charge on any atom is -0.489 e. The molecule has 1 fully saturated rings. The second kappa shape index (κ2) is 9.29. The number of thiazole rings is 1. The first-order chi connectivity index (χ1) is 16.7. The number of benzene rings is 2. The molecule has 2 unspecified atom stereocenters. The van der Waals surface area contributed by atoms with Crippen molar-refractivity contribution in [1.82, 2.24) is 9.88 Å². The zero-order chi connectivity index (χ0) is 24.9. The number of ether oxygens (including phenoxy) is 1. The van der Waals surface area contributed by atoms with Gasteiger partial charge in [0.25, 0.3) is 0 Å². The number of halogens is 1. The highest BCUT2D eigenvalue weighted by atomic mass is 79.9. The SMILES string of the molecule is Cc1ccc(COc2ccc(Br)cc2[C@H]2c3sc(=O)[nH]c3SC3C(=O)N(CC(=O)O)C(=O)C32)cc1. The van der Waals surface area contributed by atoms with Crippen LogP contribution in [0.5, 0.6) is 5.75 Å². The largest absolute Gasteiger partial charge is 0.489 e. The number of rotatable bonds is 6. The van der Waals surface area contributed by atoms with Crippen LogP contribution in [0.4, 0.5) is 0 Å². The molecule has 11 heteroatoms. The molecule has 0 bridgehead atoms. The van der Waals surface area contributed by atoms with Crippen LogP contribution >= 0.6 is 39.0 Å². The number of fused-ring (bicyclic) bond motifs is 2. The Hall–Kier alpha value is -2.89. The Morgan fingerprint density at radius 3 is 2.60 bits per heavy atom. The van der Waals surface area contributed by atoms with E-state index in [2.05, 4.69) is 20.9 Å². The summed E-state index contributed by atoms with van der Waals surface area (Å²) in [5.41, 5.74) is 2.75. The van der Waals surface area contributed by atoms with Crippen molar-refractivity contribution in [2.24, 2.45) is 5.92 Å². The van der Waals surface area contributed by atoms with E-state index in [-0.39, 0.29) is 4.87 Å². The summed E-state index contributed by atoms with van der Waals surface area (Å²) in [7, 11) is 0. The number of likely N-dealkylation sites (tertiary alicyclic amines) is 1. The van der Waals surface area contributed by atoms with Crippen LogP contribution in [0.3, 0.4) is 0 Å². The van der Waals surface area contributed by atoms with Crippen LogP contribution in [-0.2, 0) is 21.0 Å². The highest BCUT2D eigenvalue weighted by molar-refractivity contribution is 9.10. The number of aromatic nitrogens is 1. The minimum absolute atomic E-state index is 0.285. The number of carboxylic acid groups (broad SMARTS) is 1. The molecular weight excluding hydrogens is 556 g/mol. The fourth-order valence-electron chi connectivity index (χ4n) is 4.44. The summed E-state index contributed by atoms with van der Waals surface area (Å²) in [5.74, 6) is -3.38. The average molecular weight is 575 g/mol. The van der Waals surface area contributed by atoms with Gasteiger partial charge in [-0.2, -0.15) is 0 Å². The molecule has 35 heavy (non-hydrogen) atoms. The van der Waals surface area contributed by atoms with E-state index in [1.807, 2.05) is 43.3 Å². The van der Waals surface area contributed by atoms with Crippen LogP contribution in [0.1, 0.15) is 27.5 Å². The fraction of sp³-hybridized carbons (Fsp3) is 0.250. The van der Waals surface area contributed by atoms with Crippen molar-refractivity contribution >= 4 is 56.8 Å². The normalized spacial score (nSPS) is 21.1. The molecule has 2 N–H and O–H groups in total. The van der Waals surface area contributed by atoms with Crippen molar-refractivity contribution in [2.75, 3.05) is 6.54 Å². The predicted molar refractivity (Wildman–Crippen MR) is 134 cm³/mol. The first-order valence-corrected chi connectivity index (χ1v) is 13.2. The molecule has 8 nitrogen and oxygen atoms in total. The van der Waals surface area contributed by atoms with E-state index in [1.165, 1.54) is 0 Å². The van der Waals surface area contributed by atoms with Gasteiger partial charge in [-0.25, -0.2) is 0 Å². The summed E-state index contributed by atoms with van der Waals surface area (Å²) in [5, 5.41) is 8.93. The van der Waals surface area contributed by atoms with Crippen molar-refractivity contribution in [3.05, 3.63) is 78.2 Å². The number of nitrogens with one attached hydrogen (secondary N) is 1. The Bertz CT molecular complexity index is 1400. The zero-order valence-electron chi connectivity index (χ0n) is 18.3. The number of carbonyl (C=O) groups excluding carboxylic acids is 2. The number of hydrogen-bond donors (Lipinski definition) is 2. The summed E-state index contributed by atoms with van der Waals surface area (Å²) >= 11 is 5.59. The van der Waals surface area contributed by atoms with Crippen LogP contribution < -0.4 is 9.61 Å². The lowest BCUT2D eigenvalue weighted by Gasteiger charge is -2.31. The van der Waals surface area contributed by atoms with Crippen molar-refractivity contribution < 1.29 is 24.2 Å². The number of amides is 2. The van der Waals surface area contributed by atoms with Gasteiger partial charge in [0.05, 0.1) is 10.9 Å². The zero-order valence-corrected chi connectivity index (χ0v) is 21.5. The van der Waals surface area contributed by atoms with Crippen LogP contribution in [0.25, 0.3) is 0 Å². The number of carbonyl (C=O) groups is 3. The molecule has 0 saturated carbocycles. The number of aromatic amines is 1. The lowest BCUT2D eigenvalue weighted by Crippen LogP contribution is -2.36. The molecule has 3 aromatic rings. The van der Waals surface area contributed by atoms with E-state index in [1.54, 1.807) is 6.07 Å². The number of imide groups is 1. The molecular formula is C24H19BrN2O6S2. The van der Waals surface area contributed by atoms with Crippen molar-refractivity contribution in [3.8, 4) is 5.75 Å². The third kappa shape index (κ3) is 4.43. The molecule has 0 aliphatic carbocycles. The molecule has 5 rings (SSSR count). The van der Waals surface area contributed by atoms with Gasteiger partial charge in [0, 0.05) is 20.8 Å². The molecule has 0 radical (unpaired) electrons. The first-order valence-electron chi connectivity index (χ1n) is 10.7. The molecule has 3 atom stereocenters. The van der Waals surface area contributed by atoms with Crippen LogP contribution in [-0.4, -0.2) is 44.6 Å². The third-order valence-electron chi connectivity index (χ3n) is 6.03. The van der Waals surface area contributed by atoms with Crippen LogP contribution in [0, 0.1) is 12.8 Å². The average Bonchev–Trinajstić information content (AvgIpc) is 3.29. The maximum absolute atomic E-state index is 13.4. The topological polar surface area (TPSA) is 117 Å². The van der Waals surface area contributed by atoms with Gasteiger partial charge in [0.2, 0.25) is 11.8 Å². The lowest BCUT2D eigenvalue weighted by molar-refractivity contribution is -0.149. The van der Waals surface area contributed by atoms with E-state index in [0.29, 0.717) is 27.8 Å². The molecule has 3 heterocycles. The number of aliphatic carboxylic acids is 1. The number of H-pyrrole nitrogens is 1. The molecule has 2 aliphatic heterocycles. The van der Waals surface area contributed by atoms with Gasteiger partial charge in [-0.05, 0) is 30.7 Å². The summed E-state index contributed by atoms with van der Waals surface area (Å²) in [6.45, 7) is 1.60. The van der Waals surface area contributed by atoms with Crippen molar-refractivity contribution in [2.45, 2.75) is 29.7 Å². The van der Waals surface area contributed by atoms with E-state index < -0.39 is 41.4 Å². The molecule has 1 saturated heterocycles. The number of nitrogens with zero attached hydrogens (tertiary/aromatic N) is 1. The molecule has 0 spiro atoms. The molecule has 2 aliphatic rings. The Kier molecular flexibility index (Phi) is 6.32. The maximum atomic E-state index is 13.4. The van der Waals surface area contributed by atoms with E-state index in [4.69, 9.17) is 4.74 Å². The second-order valence-corrected chi connectivity index (χ2v) is 11.4. The molecule has 180 valence electrons. The van der Waals surface area contributed by atoms with E-state index >= 15 is 0 Å². The first kappa shape index (κ1) is 23.8. The second-order valence-electron chi connectivity index (χ2n) is 8.36. The van der Waals surface area contributed by atoms with Gasteiger partial charge in [0.1, 0.15) is 24.2 Å². The van der Waals surface area contributed by atoms with Gasteiger partial charge in [-0.3, -0.25) is 24.1 Å². The summed E-state index contributed by atoms with van der Waals surface area (Å²) in [6.07, 6.45) is 0. The number of aryl methyl sites for hydroxylation is 1. The summed E-state index contributed by atoms with van der Waals surface area (Å²) in [4.78, 5) is 54.0. The number of thioether (sulfide) groups is 1. The van der Waals surface area contributed by atoms with Gasteiger partial charge < -0.3 is 14.8 Å². The van der Waals surface area contributed by atoms with Gasteiger partial charge in [-0.1, -0.05) is 68.9 Å². The van der Waals surface area contributed by atoms with Gasteiger partial charge >= 0.3 is 10.8 Å². The van der Waals surface area contributed by atoms with Crippen molar-refractivity contribution in [3.63, 3.8) is 0 Å². The molecule has 2 aromatic carbocycles. The number of hydrogen-bond acceptors (Lipinski definition) is 7. The standard InChI is InChI=1S/C24H19BrN2O6S2/c1-11-2-4-12(5-3-11)10-33-15-7-6-13(25)8-14(15)17-18-20(34-21-19(17)35-24(32)26-21)23(31)27(22(18)30)9-16(28)29/h2-8,17-18,20H,9-10H2,1H3,(H,26,32)(H,28,29)/t17-,18?,20?/m1/s1. The van der Waals surface area contributed by atoms with E-state index in [0.717, 1.165) is 43.6 Å². The summed E-state index contributed by atoms with van der Waals surface area (Å²) < 4.78 is 6.92. The minimum atomic E-state index is -1.26.